The van der Waals surface area contributed by atoms with Gasteiger partial charge in [0.1, 0.15) is 6.10 Å². The Morgan fingerprint density at radius 2 is 2.09 bits per heavy atom. The molecular weight excluding hydrogens is 424 g/mol. The molecule has 1 aromatic rings. The molecule has 8 heteroatoms. The van der Waals surface area contributed by atoms with Crippen molar-refractivity contribution in [2.45, 2.75) is 82.9 Å². The van der Waals surface area contributed by atoms with Crippen molar-refractivity contribution >= 4 is 17.8 Å². The zero-order valence-electron chi connectivity index (χ0n) is 19.7. The van der Waals surface area contributed by atoms with Crippen LogP contribution in [0.4, 0.5) is 0 Å². The summed E-state index contributed by atoms with van der Waals surface area (Å²) in [5, 5.41) is 21.3. The van der Waals surface area contributed by atoms with Gasteiger partial charge in [0.05, 0.1) is 42.4 Å². The van der Waals surface area contributed by atoms with Crippen LogP contribution in [-0.4, -0.2) is 61.5 Å². The molecule has 3 heterocycles. The first-order valence-electron chi connectivity index (χ1n) is 11.7. The maximum atomic E-state index is 12.8. The molecule has 2 N–H and O–H groups in total. The lowest BCUT2D eigenvalue weighted by atomic mass is 9.75. The van der Waals surface area contributed by atoms with Crippen LogP contribution in [0, 0.1) is 11.8 Å². The van der Waals surface area contributed by atoms with Gasteiger partial charge in [0.25, 0.3) is 0 Å². The third-order valence-electron chi connectivity index (χ3n) is 7.32. The minimum Gasteiger partial charge on any atom is -0.458 e. The van der Waals surface area contributed by atoms with Crippen molar-refractivity contribution in [1.82, 2.24) is 9.55 Å². The van der Waals surface area contributed by atoms with Crippen LogP contribution in [0.25, 0.3) is 6.08 Å². The average Bonchev–Trinajstić information content (AvgIpc) is 3.19. The highest BCUT2D eigenvalue weighted by atomic mass is 16.6. The second kappa shape index (κ2) is 9.16. The molecule has 1 saturated heterocycles. The van der Waals surface area contributed by atoms with Gasteiger partial charge in [0.2, 0.25) is 0 Å². The number of epoxide rings is 1. The number of carbonyl (C=O) groups excluding carboxylic acids is 2. The third kappa shape index (κ3) is 5.13. The number of imidazole rings is 1. The Bertz CT molecular complexity index is 981. The standard InChI is InChI=1S/C25H34N2O6/c1-14(8-17-12-27(4)13-26-17)20-11-21-25(3,33-21)7-5-6-16-9-18(19(28)10-22(29)32-20)24(31)15(2)23(16)30/h8-9,12-13,15-16,19-21,23,28,30H,5-7,10-11H2,1-4H3/b14-8+/t15-,16-,19+,20+,21+,23-,25-/m1/s1. The summed E-state index contributed by atoms with van der Waals surface area (Å²) < 4.78 is 13.7. The van der Waals surface area contributed by atoms with E-state index in [4.69, 9.17) is 9.47 Å². The van der Waals surface area contributed by atoms with Crippen molar-refractivity contribution in [2.75, 3.05) is 0 Å². The number of aromatic nitrogens is 2. The number of nitrogens with zero attached hydrogens (tertiary/aromatic N) is 2. The normalized spacial score (nSPS) is 38.1. The molecule has 33 heavy (non-hydrogen) atoms. The summed E-state index contributed by atoms with van der Waals surface area (Å²) >= 11 is 0. The van der Waals surface area contributed by atoms with Crippen molar-refractivity contribution in [3.63, 3.8) is 0 Å². The van der Waals surface area contributed by atoms with Crippen LogP contribution in [-0.2, 0) is 26.1 Å². The Kier molecular flexibility index (Phi) is 6.62. The number of fused-ring (bicyclic) bond motifs is 2. The number of aliphatic hydroxyl groups excluding tert-OH is 2. The maximum Gasteiger partial charge on any atom is 0.309 e. The third-order valence-corrected chi connectivity index (χ3v) is 7.32. The average molecular weight is 459 g/mol. The largest absolute Gasteiger partial charge is 0.458 e. The Balaban J connectivity index is 1.59. The van der Waals surface area contributed by atoms with Crippen LogP contribution in [0.1, 0.15) is 58.6 Å². The van der Waals surface area contributed by atoms with Crippen LogP contribution in [0.15, 0.2) is 29.7 Å². The number of hydrogen-bond donors (Lipinski definition) is 2. The molecule has 0 amide bonds. The number of hydrogen-bond acceptors (Lipinski definition) is 7. The molecule has 0 unspecified atom stereocenters. The van der Waals surface area contributed by atoms with Crippen molar-refractivity contribution in [1.29, 1.82) is 0 Å². The van der Waals surface area contributed by atoms with Crippen molar-refractivity contribution in [3.8, 4) is 0 Å². The van der Waals surface area contributed by atoms with E-state index in [1.807, 2.05) is 30.8 Å². The number of esters is 1. The van der Waals surface area contributed by atoms with Crippen molar-refractivity contribution < 1.29 is 29.3 Å². The van der Waals surface area contributed by atoms with Crippen molar-refractivity contribution in [2.24, 2.45) is 18.9 Å². The Hall–Kier alpha value is -2.29. The van der Waals surface area contributed by atoms with Crippen molar-refractivity contribution in [3.05, 3.63) is 35.4 Å². The van der Waals surface area contributed by atoms with E-state index in [-0.39, 0.29) is 35.4 Å². The fourth-order valence-corrected chi connectivity index (χ4v) is 5.06. The van der Waals surface area contributed by atoms with Gasteiger partial charge in [-0.3, -0.25) is 9.59 Å². The fraction of sp³-hybridized carbons (Fsp3) is 0.640. The van der Waals surface area contributed by atoms with E-state index >= 15 is 0 Å². The highest BCUT2D eigenvalue weighted by Crippen LogP contribution is 2.45. The second-order valence-electron chi connectivity index (χ2n) is 10.0. The monoisotopic (exact) mass is 458 g/mol. The van der Waals surface area contributed by atoms with Gasteiger partial charge in [0, 0.05) is 37.1 Å². The Morgan fingerprint density at radius 3 is 2.79 bits per heavy atom. The molecule has 4 rings (SSSR count). The molecule has 0 spiro atoms. The number of carbonyl (C=O) groups is 2. The highest BCUT2D eigenvalue weighted by Gasteiger charge is 2.53. The summed E-state index contributed by atoms with van der Waals surface area (Å²) in [4.78, 5) is 29.8. The summed E-state index contributed by atoms with van der Waals surface area (Å²) in [5.74, 6) is -1.75. The van der Waals surface area contributed by atoms with Gasteiger partial charge in [-0.05, 0) is 44.8 Å². The minimum absolute atomic E-state index is 0.0434. The lowest BCUT2D eigenvalue weighted by Crippen LogP contribution is -2.40. The number of ether oxygens (including phenoxy) is 2. The number of ketones is 1. The number of aliphatic hydroxyl groups is 2. The van der Waals surface area contributed by atoms with Crippen LogP contribution >= 0.6 is 0 Å². The van der Waals surface area contributed by atoms with Gasteiger partial charge in [-0.15, -0.1) is 0 Å². The summed E-state index contributed by atoms with van der Waals surface area (Å²) in [6.45, 7) is 5.63. The van der Waals surface area contributed by atoms with Crippen LogP contribution in [0.3, 0.4) is 0 Å². The van der Waals surface area contributed by atoms with Gasteiger partial charge in [-0.25, -0.2) is 4.98 Å². The number of Topliss-reactive ketones (excluding diaryl/α,β-unsaturated/α-hetero) is 1. The molecular formula is C25H34N2O6. The van der Waals surface area contributed by atoms with Crippen LogP contribution < -0.4 is 0 Å². The smallest absolute Gasteiger partial charge is 0.309 e. The maximum absolute atomic E-state index is 12.8. The molecule has 1 fully saturated rings. The van der Waals surface area contributed by atoms with E-state index in [1.54, 1.807) is 19.3 Å². The predicted octanol–water partition coefficient (Wildman–Crippen LogP) is 2.34. The zero-order valence-corrected chi connectivity index (χ0v) is 19.7. The molecule has 0 saturated carbocycles. The second-order valence-corrected chi connectivity index (χ2v) is 10.0. The molecule has 2 aliphatic heterocycles. The van der Waals surface area contributed by atoms with E-state index in [1.165, 1.54) is 0 Å². The molecule has 7 atom stereocenters. The molecule has 1 aromatic heterocycles. The lowest BCUT2D eigenvalue weighted by molar-refractivity contribution is -0.149. The molecule has 0 radical (unpaired) electrons. The number of aryl methyl sites for hydroxylation is 1. The summed E-state index contributed by atoms with van der Waals surface area (Å²) in [5.41, 5.74) is 1.51. The van der Waals surface area contributed by atoms with E-state index in [9.17, 15) is 19.8 Å². The Labute approximate surface area is 194 Å². The van der Waals surface area contributed by atoms with E-state index in [0.717, 1.165) is 24.1 Å². The first-order valence-corrected chi connectivity index (χ1v) is 11.7. The van der Waals surface area contributed by atoms with Crippen LogP contribution in [0.5, 0.6) is 0 Å². The SMILES string of the molecule is C/C(=C\c1cn(C)cn1)[C@@H]1C[C@@H]2O[C@]2(C)CCC[C@@H]2C=C(C(=O)[C@H](C)[C@H]2O)[C@@H](O)CC(=O)O1. The van der Waals surface area contributed by atoms with Gasteiger partial charge < -0.3 is 24.3 Å². The topological polar surface area (TPSA) is 114 Å². The van der Waals surface area contributed by atoms with Gasteiger partial charge in [-0.2, -0.15) is 0 Å². The number of rotatable bonds is 2. The Morgan fingerprint density at radius 1 is 1.33 bits per heavy atom. The molecule has 1 aliphatic carbocycles. The summed E-state index contributed by atoms with van der Waals surface area (Å²) in [6.07, 6.45) is 7.03. The van der Waals surface area contributed by atoms with E-state index < -0.39 is 30.2 Å². The fourth-order valence-electron chi connectivity index (χ4n) is 5.06. The first kappa shape index (κ1) is 23.9. The summed E-state index contributed by atoms with van der Waals surface area (Å²) in [6, 6.07) is 0. The molecule has 8 nitrogen and oxygen atoms in total. The molecule has 0 aromatic carbocycles. The molecule has 3 aliphatic rings. The van der Waals surface area contributed by atoms with Gasteiger partial charge in [-0.1, -0.05) is 13.0 Å². The molecule has 2 bridgehead atoms. The minimum atomic E-state index is -1.26. The first-order chi connectivity index (χ1) is 15.6. The van der Waals surface area contributed by atoms with E-state index in [2.05, 4.69) is 11.9 Å². The van der Waals surface area contributed by atoms with E-state index in [0.29, 0.717) is 12.8 Å². The van der Waals surface area contributed by atoms with Gasteiger partial charge in [0.15, 0.2) is 5.78 Å². The molecule has 180 valence electrons. The number of cyclic esters (lactones) is 1. The quantitative estimate of drug-likeness (QED) is 0.516. The van der Waals surface area contributed by atoms with Gasteiger partial charge >= 0.3 is 5.97 Å². The lowest BCUT2D eigenvalue weighted by Gasteiger charge is -2.32. The predicted molar refractivity (Wildman–Crippen MR) is 121 cm³/mol. The highest BCUT2D eigenvalue weighted by molar-refractivity contribution is 5.99. The summed E-state index contributed by atoms with van der Waals surface area (Å²) in [7, 11) is 1.89. The zero-order chi connectivity index (χ0) is 23.9. The van der Waals surface area contributed by atoms with Crippen LogP contribution in [0.2, 0.25) is 0 Å².